The lowest BCUT2D eigenvalue weighted by atomic mass is 9.83. The molecule has 6 rings (SSSR count). The fraction of sp³-hybridized carbons (Fsp3) is 0.148. The Kier molecular flexibility index (Phi) is 3.37. The molecule has 29 heavy (non-hydrogen) atoms. The second-order valence-electron chi connectivity index (χ2n) is 8.57. The number of hydrogen-bond donors (Lipinski definition) is 0. The first-order valence-electron chi connectivity index (χ1n) is 10.1. The van der Waals surface area contributed by atoms with Crippen LogP contribution in [0.15, 0.2) is 72.9 Å². The molecular formula is C27H21NS. The minimum absolute atomic E-state index is 0.0410. The summed E-state index contributed by atoms with van der Waals surface area (Å²) in [4.78, 5) is 4.86. The van der Waals surface area contributed by atoms with Crippen molar-refractivity contribution in [2.24, 2.45) is 0 Å². The highest BCUT2D eigenvalue weighted by atomic mass is 32.1. The molecule has 0 radical (unpaired) electrons. The van der Waals surface area contributed by atoms with E-state index in [4.69, 9.17) is 4.98 Å². The number of fused-ring (bicyclic) bond motifs is 7. The third kappa shape index (κ3) is 2.30. The predicted octanol–water partition coefficient (Wildman–Crippen LogP) is 7.73. The molecule has 0 bridgehead atoms. The van der Waals surface area contributed by atoms with E-state index in [1.807, 2.05) is 11.3 Å². The zero-order chi connectivity index (χ0) is 19.8. The molecule has 0 amide bonds. The number of hydrogen-bond acceptors (Lipinski definition) is 2. The topological polar surface area (TPSA) is 12.9 Å². The molecule has 2 heterocycles. The molecule has 0 N–H and O–H groups in total. The summed E-state index contributed by atoms with van der Waals surface area (Å²) in [6.45, 7) is 6.77. The molecule has 2 heteroatoms. The average molecular weight is 392 g/mol. The lowest BCUT2D eigenvalue weighted by Crippen LogP contribution is -2.15. The second-order valence-corrected chi connectivity index (χ2v) is 9.65. The third-order valence-electron chi connectivity index (χ3n) is 6.41. The summed E-state index contributed by atoms with van der Waals surface area (Å²) >= 11 is 1.89. The van der Waals surface area contributed by atoms with Crippen LogP contribution in [0.3, 0.4) is 0 Å². The quantitative estimate of drug-likeness (QED) is 0.285. The normalized spacial score (nSPS) is 14.3. The lowest BCUT2D eigenvalue weighted by molar-refractivity contribution is 0.658. The number of thiophene rings is 1. The molecule has 1 nitrogen and oxygen atoms in total. The first-order valence-corrected chi connectivity index (χ1v) is 10.9. The fourth-order valence-corrected chi connectivity index (χ4v) is 5.92. The second kappa shape index (κ2) is 5.77. The summed E-state index contributed by atoms with van der Waals surface area (Å²) in [6, 6.07) is 24.4. The maximum atomic E-state index is 4.86. The number of nitrogens with zero attached hydrogens (tertiary/aromatic N) is 1. The number of benzene rings is 3. The highest BCUT2D eigenvalue weighted by molar-refractivity contribution is 7.25. The Bertz CT molecular complexity index is 1420. The summed E-state index contributed by atoms with van der Waals surface area (Å²) in [5, 5.41) is 2.76. The zero-order valence-corrected chi connectivity index (χ0v) is 17.6. The highest BCUT2D eigenvalue weighted by Crippen LogP contribution is 2.54. The largest absolute Gasteiger partial charge is 0.256 e. The summed E-state index contributed by atoms with van der Waals surface area (Å²) < 4.78 is 2.72. The molecule has 0 atom stereocenters. The van der Waals surface area contributed by atoms with Crippen LogP contribution in [0.4, 0.5) is 0 Å². The number of aryl methyl sites for hydroxylation is 1. The zero-order valence-electron chi connectivity index (χ0n) is 16.8. The van der Waals surface area contributed by atoms with Gasteiger partial charge in [0.1, 0.15) is 0 Å². The maximum Gasteiger partial charge on any atom is 0.0708 e. The van der Waals surface area contributed by atoms with Gasteiger partial charge in [-0.25, -0.2) is 0 Å². The number of rotatable bonds is 1. The predicted molar refractivity (Wildman–Crippen MR) is 125 cm³/mol. The summed E-state index contributed by atoms with van der Waals surface area (Å²) in [5.41, 5.74) is 8.92. The van der Waals surface area contributed by atoms with Gasteiger partial charge in [-0.15, -0.1) is 11.3 Å². The molecule has 1 aliphatic rings. The van der Waals surface area contributed by atoms with E-state index in [0.29, 0.717) is 0 Å². The summed E-state index contributed by atoms with van der Waals surface area (Å²) in [5.74, 6) is 0. The monoisotopic (exact) mass is 391 g/mol. The first kappa shape index (κ1) is 16.9. The van der Waals surface area contributed by atoms with Crippen LogP contribution in [0, 0.1) is 6.92 Å². The van der Waals surface area contributed by atoms with Crippen molar-refractivity contribution in [2.75, 3.05) is 0 Å². The van der Waals surface area contributed by atoms with E-state index in [0.717, 1.165) is 5.69 Å². The summed E-state index contributed by atoms with van der Waals surface area (Å²) in [6.07, 6.45) is 2.10. The molecule has 0 unspecified atom stereocenters. The molecule has 5 aromatic rings. The van der Waals surface area contributed by atoms with Gasteiger partial charge in [0.2, 0.25) is 0 Å². The van der Waals surface area contributed by atoms with Crippen LogP contribution >= 0.6 is 11.3 Å². The van der Waals surface area contributed by atoms with Crippen molar-refractivity contribution < 1.29 is 0 Å². The Labute approximate surface area is 174 Å². The van der Waals surface area contributed by atoms with Gasteiger partial charge < -0.3 is 0 Å². The van der Waals surface area contributed by atoms with E-state index in [9.17, 15) is 0 Å². The Hall–Kier alpha value is -2.97. The number of aromatic nitrogens is 1. The van der Waals surface area contributed by atoms with Gasteiger partial charge >= 0.3 is 0 Å². The smallest absolute Gasteiger partial charge is 0.0708 e. The Morgan fingerprint density at radius 3 is 2.45 bits per heavy atom. The molecule has 0 spiro atoms. The minimum atomic E-state index is -0.0410. The molecule has 3 aromatic carbocycles. The van der Waals surface area contributed by atoms with Crippen LogP contribution in [0.25, 0.3) is 42.6 Å². The standard InChI is InChI=1S/C27H21NS/c1-16-8-10-17(11-9-16)22-14-19-21(15-28-22)27(2,3)20-12-13-24-26(25(19)20)18-6-4-5-7-23(18)29-24/h4-15H,1-3H3. The van der Waals surface area contributed by atoms with E-state index < -0.39 is 0 Å². The first-order chi connectivity index (χ1) is 14.0. The van der Waals surface area contributed by atoms with Gasteiger partial charge in [0.05, 0.1) is 5.69 Å². The van der Waals surface area contributed by atoms with E-state index in [1.54, 1.807) is 0 Å². The number of pyridine rings is 1. The van der Waals surface area contributed by atoms with Gasteiger partial charge in [-0.1, -0.05) is 67.9 Å². The van der Waals surface area contributed by atoms with Gasteiger partial charge in [0.25, 0.3) is 0 Å². The molecule has 140 valence electrons. The van der Waals surface area contributed by atoms with Crippen molar-refractivity contribution in [3.63, 3.8) is 0 Å². The van der Waals surface area contributed by atoms with Crippen molar-refractivity contribution in [1.82, 2.24) is 4.98 Å². The molecular weight excluding hydrogens is 370 g/mol. The van der Waals surface area contributed by atoms with Crippen LogP contribution < -0.4 is 0 Å². The maximum absolute atomic E-state index is 4.86. The van der Waals surface area contributed by atoms with E-state index >= 15 is 0 Å². The molecule has 0 saturated heterocycles. The third-order valence-corrected chi connectivity index (χ3v) is 7.55. The van der Waals surface area contributed by atoms with E-state index in [2.05, 4.69) is 93.7 Å². The van der Waals surface area contributed by atoms with Gasteiger partial charge in [0, 0.05) is 37.3 Å². The van der Waals surface area contributed by atoms with Crippen LogP contribution in [0.5, 0.6) is 0 Å². The van der Waals surface area contributed by atoms with Crippen LogP contribution in [0.1, 0.15) is 30.5 Å². The minimum Gasteiger partial charge on any atom is -0.256 e. The van der Waals surface area contributed by atoms with E-state index in [1.165, 1.54) is 53.6 Å². The Morgan fingerprint density at radius 1 is 0.828 bits per heavy atom. The van der Waals surface area contributed by atoms with Crippen molar-refractivity contribution >= 4 is 31.5 Å². The van der Waals surface area contributed by atoms with Crippen LogP contribution in [0.2, 0.25) is 0 Å². The fourth-order valence-electron chi connectivity index (χ4n) is 4.80. The lowest BCUT2D eigenvalue weighted by Gasteiger charge is -2.21. The Balaban J connectivity index is 1.70. The van der Waals surface area contributed by atoms with Gasteiger partial charge in [-0.05, 0) is 47.4 Å². The van der Waals surface area contributed by atoms with Crippen molar-refractivity contribution in [3.05, 3.63) is 89.6 Å². The van der Waals surface area contributed by atoms with Gasteiger partial charge in [-0.3, -0.25) is 4.98 Å². The van der Waals surface area contributed by atoms with Crippen molar-refractivity contribution in [1.29, 1.82) is 0 Å². The molecule has 0 fully saturated rings. The van der Waals surface area contributed by atoms with Gasteiger partial charge in [0.15, 0.2) is 0 Å². The van der Waals surface area contributed by atoms with Gasteiger partial charge in [-0.2, -0.15) is 0 Å². The SMILES string of the molecule is Cc1ccc(-c2cc3c(cn2)C(C)(C)c2ccc4sc5ccccc5c4c2-3)cc1. The van der Waals surface area contributed by atoms with Crippen molar-refractivity contribution in [2.45, 2.75) is 26.2 Å². The van der Waals surface area contributed by atoms with Crippen LogP contribution in [-0.4, -0.2) is 4.98 Å². The molecule has 1 aliphatic carbocycles. The van der Waals surface area contributed by atoms with E-state index in [-0.39, 0.29) is 5.41 Å². The highest BCUT2D eigenvalue weighted by Gasteiger charge is 2.37. The van der Waals surface area contributed by atoms with Crippen LogP contribution in [-0.2, 0) is 5.41 Å². The molecule has 0 saturated carbocycles. The molecule has 2 aromatic heterocycles. The summed E-state index contributed by atoms with van der Waals surface area (Å²) in [7, 11) is 0. The Morgan fingerprint density at radius 2 is 1.62 bits per heavy atom. The molecule has 0 aliphatic heterocycles. The van der Waals surface area contributed by atoms with Crippen molar-refractivity contribution in [3.8, 4) is 22.4 Å². The average Bonchev–Trinajstić information content (AvgIpc) is 3.21.